The number of anilines is 2. The number of hydrogen-bond acceptors (Lipinski definition) is 4. The van der Waals surface area contributed by atoms with Crippen molar-refractivity contribution in [2.45, 2.75) is 6.92 Å². The molecule has 1 heterocycles. The van der Waals surface area contributed by atoms with Crippen LogP contribution in [0.15, 0.2) is 18.3 Å². The largest absolute Gasteiger partial charge is 0.330 e. The molecule has 0 aliphatic heterocycles. The van der Waals surface area contributed by atoms with E-state index in [1.807, 2.05) is 6.07 Å². The van der Waals surface area contributed by atoms with Crippen LogP contribution in [0.25, 0.3) is 0 Å². The van der Waals surface area contributed by atoms with Gasteiger partial charge in [-0.15, -0.1) is 0 Å². The average Bonchev–Trinajstić information content (AvgIpc) is 2.73. The van der Waals surface area contributed by atoms with E-state index >= 15 is 0 Å². The fourth-order valence-corrected chi connectivity index (χ4v) is 2.13. The van der Waals surface area contributed by atoms with E-state index in [2.05, 4.69) is 10.3 Å². The molecule has 0 spiro atoms. The first-order chi connectivity index (χ1) is 8.10. The molecule has 1 N–H and O–H groups in total. The second-order valence-corrected chi connectivity index (χ2v) is 4.79. The van der Waals surface area contributed by atoms with E-state index in [4.69, 9.17) is 16.9 Å². The smallest absolute Gasteiger partial charge is 0.188 e. The second kappa shape index (κ2) is 4.70. The average molecular weight is 268 g/mol. The van der Waals surface area contributed by atoms with Crippen LogP contribution in [0, 0.1) is 24.1 Å². The Hall–Kier alpha value is -1.64. The number of rotatable bonds is 2. The molecule has 1 aromatic carbocycles. The van der Waals surface area contributed by atoms with Crippen LogP contribution in [0.5, 0.6) is 0 Å². The first-order valence-electron chi connectivity index (χ1n) is 4.69. The molecule has 2 rings (SSSR count). The summed E-state index contributed by atoms with van der Waals surface area (Å²) in [6, 6.07) is 4.83. The van der Waals surface area contributed by atoms with Crippen LogP contribution in [0.1, 0.15) is 10.4 Å². The highest BCUT2D eigenvalue weighted by molar-refractivity contribution is 7.16. The lowest BCUT2D eigenvalue weighted by molar-refractivity contribution is 0.619. The Balaban J connectivity index is 2.30. The highest BCUT2D eigenvalue weighted by Gasteiger charge is 2.08. The van der Waals surface area contributed by atoms with Crippen molar-refractivity contribution in [1.82, 2.24) is 4.98 Å². The standard InChI is InChI=1S/C11H7ClFN3S/c1-6-2-8(12)10(3-9(6)13)16-11-15-5-7(4-14)17-11/h2-3,5H,1H3,(H,15,16). The van der Waals surface area contributed by atoms with E-state index in [-0.39, 0.29) is 5.82 Å². The van der Waals surface area contributed by atoms with Gasteiger partial charge < -0.3 is 5.32 Å². The van der Waals surface area contributed by atoms with Crippen molar-refractivity contribution in [2.75, 3.05) is 5.32 Å². The van der Waals surface area contributed by atoms with Crippen LogP contribution in [0.3, 0.4) is 0 Å². The van der Waals surface area contributed by atoms with Gasteiger partial charge in [-0.25, -0.2) is 9.37 Å². The zero-order valence-electron chi connectivity index (χ0n) is 8.79. The number of hydrogen-bond donors (Lipinski definition) is 1. The summed E-state index contributed by atoms with van der Waals surface area (Å²) in [5.74, 6) is -0.339. The Morgan fingerprint density at radius 2 is 2.29 bits per heavy atom. The van der Waals surface area contributed by atoms with Crippen LogP contribution in [0.2, 0.25) is 5.02 Å². The summed E-state index contributed by atoms with van der Waals surface area (Å²) in [5.41, 5.74) is 0.922. The lowest BCUT2D eigenvalue weighted by Gasteiger charge is -2.06. The minimum absolute atomic E-state index is 0.339. The first kappa shape index (κ1) is 11.8. The SMILES string of the molecule is Cc1cc(Cl)c(Nc2ncc(C#N)s2)cc1F. The van der Waals surface area contributed by atoms with E-state index in [1.165, 1.54) is 29.7 Å². The Labute approximate surface area is 106 Å². The Morgan fingerprint density at radius 3 is 2.94 bits per heavy atom. The van der Waals surface area contributed by atoms with Gasteiger partial charge in [0, 0.05) is 0 Å². The summed E-state index contributed by atoms with van der Waals surface area (Å²) < 4.78 is 13.4. The Morgan fingerprint density at radius 1 is 1.53 bits per heavy atom. The number of nitrogens with zero attached hydrogens (tertiary/aromatic N) is 2. The van der Waals surface area contributed by atoms with Crippen LogP contribution in [-0.4, -0.2) is 4.98 Å². The number of nitriles is 1. The lowest BCUT2D eigenvalue weighted by Crippen LogP contribution is -1.93. The molecule has 6 heteroatoms. The van der Waals surface area contributed by atoms with Gasteiger partial charge in [0.25, 0.3) is 0 Å². The summed E-state index contributed by atoms with van der Waals surface area (Å²) in [5, 5.41) is 12.5. The van der Waals surface area contributed by atoms with Crippen molar-refractivity contribution in [2.24, 2.45) is 0 Å². The van der Waals surface area contributed by atoms with Crippen molar-refractivity contribution in [3.63, 3.8) is 0 Å². The second-order valence-electron chi connectivity index (χ2n) is 3.35. The maximum atomic E-state index is 13.4. The van der Waals surface area contributed by atoms with Crippen molar-refractivity contribution in [3.8, 4) is 6.07 Å². The third-order valence-electron chi connectivity index (χ3n) is 2.11. The first-order valence-corrected chi connectivity index (χ1v) is 5.88. The molecule has 0 saturated carbocycles. The van der Waals surface area contributed by atoms with Gasteiger partial charge in [-0.05, 0) is 24.6 Å². The third kappa shape index (κ3) is 2.54. The van der Waals surface area contributed by atoms with Gasteiger partial charge in [0.05, 0.1) is 16.9 Å². The molecule has 0 atom stereocenters. The zero-order valence-corrected chi connectivity index (χ0v) is 10.4. The molecular weight excluding hydrogens is 261 g/mol. The zero-order chi connectivity index (χ0) is 12.4. The maximum absolute atomic E-state index is 13.4. The molecule has 1 aromatic heterocycles. The molecule has 17 heavy (non-hydrogen) atoms. The Kier molecular flexibility index (Phi) is 3.27. The fourth-order valence-electron chi connectivity index (χ4n) is 1.24. The molecular formula is C11H7ClFN3S. The normalized spacial score (nSPS) is 10.0. The summed E-state index contributed by atoms with van der Waals surface area (Å²) in [6.45, 7) is 1.64. The van der Waals surface area contributed by atoms with E-state index in [9.17, 15) is 4.39 Å². The van der Waals surface area contributed by atoms with E-state index in [0.717, 1.165) is 0 Å². The van der Waals surface area contributed by atoms with Gasteiger partial charge in [-0.3, -0.25) is 0 Å². The molecule has 0 bridgehead atoms. The summed E-state index contributed by atoms with van der Waals surface area (Å²) >= 11 is 7.16. The van der Waals surface area contributed by atoms with Gasteiger partial charge in [0.15, 0.2) is 5.13 Å². The molecule has 3 nitrogen and oxygen atoms in total. The van der Waals surface area contributed by atoms with Crippen LogP contribution in [-0.2, 0) is 0 Å². The highest BCUT2D eigenvalue weighted by atomic mass is 35.5. The number of halogens is 2. The molecule has 0 amide bonds. The molecule has 86 valence electrons. The van der Waals surface area contributed by atoms with E-state index in [0.29, 0.717) is 26.3 Å². The minimum atomic E-state index is -0.339. The number of benzene rings is 1. The monoisotopic (exact) mass is 267 g/mol. The van der Waals surface area contributed by atoms with Crippen LogP contribution in [0.4, 0.5) is 15.2 Å². The summed E-state index contributed by atoms with van der Waals surface area (Å²) in [4.78, 5) is 4.46. The molecule has 0 saturated heterocycles. The number of nitrogens with one attached hydrogen (secondary N) is 1. The number of aromatic nitrogens is 1. The van der Waals surface area contributed by atoms with E-state index in [1.54, 1.807) is 6.92 Å². The quantitative estimate of drug-likeness (QED) is 0.899. The third-order valence-corrected chi connectivity index (χ3v) is 3.24. The topological polar surface area (TPSA) is 48.7 Å². The fraction of sp³-hybridized carbons (Fsp3) is 0.0909. The minimum Gasteiger partial charge on any atom is -0.330 e. The van der Waals surface area contributed by atoms with Gasteiger partial charge in [0.2, 0.25) is 0 Å². The highest BCUT2D eigenvalue weighted by Crippen LogP contribution is 2.29. The molecule has 0 fully saturated rings. The van der Waals surface area contributed by atoms with Crippen molar-refractivity contribution < 1.29 is 4.39 Å². The predicted octanol–water partition coefficient (Wildman–Crippen LogP) is 3.86. The number of thiazole rings is 1. The van der Waals surface area contributed by atoms with Gasteiger partial charge in [-0.1, -0.05) is 22.9 Å². The van der Waals surface area contributed by atoms with Crippen LogP contribution < -0.4 is 5.32 Å². The molecule has 2 aromatic rings. The summed E-state index contributed by atoms with van der Waals surface area (Å²) in [7, 11) is 0. The van der Waals surface area contributed by atoms with Crippen molar-refractivity contribution in [1.29, 1.82) is 5.26 Å². The molecule has 0 unspecified atom stereocenters. The number of aryl methyl sites for hydroxylation is 1. The maximum Gasteiger partial charge on any atom is 0.188 e. The van der Waals surface area contributed by atoms with Crippen molar-refractivity contribution in [3.05, 3.63) is 39.6 Å². The van der Waals surface area contributed by atoms with Gasteiger partial charge >= 0.3 is 0 Å². The molecule has 0 aliphatic carbocycles. The summed E-state index contributed by atoms with van der Waals surface area (Å²) in [6.07, 6.45) is 1.45. The Bertz CT molecular complexity index is 603. The van der Waals surface area contributed by atoms with Gasteiger partial charge in [0.1, 0.15) is 16.8 Å². The van der Waals surface area contributed by atoms with Gasteiger partial charge in [-0.2, -0.15) is 5.26 Å². The van der Waals surface area contributed by atoms with Crippen LogP contribution >= 0.6 is 22.9 Å². The van der Waals surface area contributed by atoms with Crippen molar-refractivity contribution >= 4 is 33.8 Å². The van der Waals surface area contributed by atoms with E-state index < -0.39 is 0 Å². The lowest BCUT2D eigenvalue weighted by atomic mass is 10.2. The predicted molar refractivity (Wildman–Crippen MR) is 66.3 cm³/mol. The molecule has 0 radical (unpaired) electrons. The molecule has 0 aliphatic rings.